The minimum Gasteiger partial charge on any atom is -0.455 e. The summed E-state index contributed by atoms with van der Waals surface area (Å²) in [4.78, 5) is 24.0. The second-order valence-electron chi connectivity index (χ2n) is 5.20. The Balaban J connectivity index is 1.73. The first-order valence-electron chi connectivity index (χ1n) is 7.35. The minimum absolute atomic E-state index is 0.0944. The van der Waals surface area contributed by atoms with Gasteiger partial charge in [-0.1, -0.05) is 48.5 Å². The average molecular weight is 312 g/mol. The molecule has 1 fully saturated rings. The fourth-order valence-electron chi connectivity index (χ4n) is 2.32. The monoisotopic (exact) mass is 312 g/mol. The van der Waals surface area contributed by atoms with Gasteiger partial charge in [-0.15, -0.1) is 0 Å². The summed E-state index contributed by atoms with van der Waals surface area (Å²) in [6.07, 6.45) is 0.252. The maximum Gasteiger partial charge on any atom is 0.393 e. The number of para-hydroxylation sites is 1. The first-order chi connectivity index (χ1) is 11.2. The van der Waals surface area contributed by atoms with E-state index in [1.807, 2.05) is 36.4 Å². The third-order valence-electron chi connectivity index (χ3n) is 3.49. The van der Waals surface area contributed by atoms with E-state index in [1.54, 1.807) is 24.3 Å². The molecule has 1 aliphatic heterocycles. The fraction of sp³-hybridized carbons (Fsp3) is 0.222. The highest BCUT2D eigenvalue weighted by atomic mass is 16.7. The largest absolute Gasteiger partial charge is 0.455 e. The molecular formula is C18H16O5. The van der Waals surface area contributed by atoms with Crippen molar-refractivity contribution in [3.63, 3.8) is 0 Å². The number of carbonyl (C=O) groups is 2. The van der Waals surface area contributed by atoms with E-state index in [-0.39, 0.29) is 19.4 Å². The lowest BCUT2D eigenvalue weighted by atomic mass is 10.2. The zero-order valence-corrected chi connectivity index (χ0v) is 12.4. The van der Waals surface area contributed by atoms with E-state index >= 15 is 0 Å². The Hall–Kier alpha value is -2.82. The second-order valence-corrected chi connectivity index (χ2v) is 5.20. The van der Waals surface area contributed by atoms with Crippen molar-refractivity contribution in [2.75, 3.05) is 0 Å². The van der Waals surface area contributed by atoms with Crippen LogP contribution < -0.4 is 4.74 Å². The molecule has 5 heteroatoms. The van der Waals surface area contributed by atoms with Gasteiger partial charge in [-0.2, -0.15) is 0 Å². The number of hydrogen-bond donors (Lipinski definition) is 0. The SMILES string of the molecule is O=C1CCC(Oc2ccccc2)(C(=O)OCc2ccccc2)O1. The minimum atomic E-state index is -1.70. The molecule has 1 unspecified atom stereocenters. The van der Waals surface area contributed by atoms with Crippen LogP contribution in [0.2, 0.25) is 0 Å². The van der Waals surface area contributed by atoms with Crippen molar-refractivity contribution >= 4 is 11.9 Å². The molecule has 1 heterocycles. The Kier molecular flexibility index (Phi) is 4.28. The molecule has 1 aliphatic rings. The molecule has 0 spiro atoms. The zero-order chi connectivity index (χ0) is 16.1. The van der Waals surface area contributed by atoms with Crippen LogP contribution in [-0.4, -0.2) is 17.7 Å². The first kappa shape index (κ1) is 15.1. The van der Waals surface area contributed by atoms with Crippen LogP contribution in [0, 0.1) is 0 Å². The molecular weight excluding hydrogens is 296 g/mol. The number of hydrogen-bond acceptors (Lipinski definition) is 5. The van der Waals surface area contributed by atoms with Gasteiger partial charge in [-0.25, -0.2) is 4.79 Å². The lowest BCUT2D eigenvalue weighted by Gasteiger charge is -2.26. The Morgan fingerprint density at radius 2 is 1.70 bits per heavy atom. The van der Waals surface area contributed by atoms with Gasteiger partial charge < -0.3 is 14.2 Å². The quantitative estimate of drug-likeness (QED) is 0.794. The van der Waals surface area contributed by atoms with Crippen molar-refractivity contribution in [1.82, 2.24) is 0 Å². The van der Waals surface area contributed by atoms with Crippen LogP contribution in [0.25, 0.3) is 0 Å². The Bertz CT molecular complexity index is 683. The van der Waals surface area contributed by atoms with Gasteiger partial charge >= 0.3 is 17.7 Å². The van der Waals surface area contributed by atoms with Crippen LogP contribution in [0.1, 0.15) is 18.4 Å². The standard InChI is InChI=1S/C18H16O5/c19-16-11-12-18(23-16,22-15-9-5-2-6-10-15)17(20)21-13-14-7-3-1-4-8-14/h1-10H,11-13H2. The number of esters is 2. The summed E-state index contributed by atoms with van der Waals surface area (Å²) < 4.78 is 16.1. The molecule has 5 nitrogen and oxygen atoms in total. The van der Waals surface area contributed by atoms with Crippen molar-refractivity contribution in [2.24, 2.45) is 0 Å². The maximum atomic E-state index is 12.5. The van der Waals surface area contributed by atoms with Gasteiger partial charge in [0.15, 0.2) is 0 Å². The third kappa shape index (κ3) is 3.51. The lowest BCUT2D eigenvalue weighted by Crippen LogP contribution is -2.45. The second kappa shape index (κ2) is 6.52. The third-order valence-corrected chi connectivity index (χ3v) is 3.49. The van der Waals surface area contributed by atoms with E-state index in [9.17, 15) is 9.59 Å². The molecule has 3 rings (SSSR count). The molecule has 0 bridgehead atoms. The fourth-order valence-corrected chi connectivity index (χ4v) is 2.32. The molecule has 2 aromatic rings. The predicted molar refractivity (Wildman–Crippen MR) is 81.4 cm³/mol. The van der Waals surface area contributed by atoms with Crippen LogP contribution in [0.5, 0.6) is 5.75 Å². The van der Waals surface area contributed by atoms with E-state index in [2.05, 4.69) is 0 Å². The molecule has 2 aromatic carbocycles. The molecule has 23 heavy (non-hydrogen) atoms. The molecule has 0 radical (unpaired) electrons. The van der Waals surface area contributed by atoms with E-state index in [0.717, 1.165) is 5.56 Å². The van der Waals surface area contributed by atoms with E-state index < -0.39 is 17.7 Å². The molecule has 118 valence electrons. The Labute approximate surface area is 133 Å². The number of carbonyl (C=O) groups excluding carboxylic acids is 2. The lowest BCUT2D eigenvalue weighted by molar-refractivity contribution is -0.207. The average Bonchev–Trinajstić information content (AvgIpc) is 2.96. The van der Waals surface area contributed by atoms with E-state index in [0.29, 0.717) is 5.75 Å². The highest BCUT2D eigenvalue weighted by molar-refractivity contribution is 5.85. The maximum absolute atomic E-state index is 12.5. The van der Waals surface area contributed by atoms with Crippen molar-refractivity contribution < 1.29 is 23.8 Å². The first-order valence-corrected chi connectivity index (χ1v) is 7.35. The molecule has 1 atom stereocenters. The van der Waals surface area contributed by atoms with Crippen molar-refractivity contribution in [3.8, 4) is 5.75 Å². The van der Waals surface area contributed by atoms with Gasteiger partial charge in [0.1, 0.15) is 12.4 Å². The summed E-state index contributed by atoms with van der Waals surface area (Å²) in [7, 11) is 0. The van der Waals surface area contributed by atoms with Gasteiger partial charge in [0.25, 0.3) is 0 Å². The van der Waals surface area contributed by atoms with E-state index in [1.165, 1.54) is 0 Å². The van der Waals surface area contributed by atoms with Crippen LogP contribution in [0.4, 0.5) is 0 Å². The zero-order valence-electron chi connectivity index (χ0n) is 12.4. The van der Waals surface area contributed by atoms with Crippen molar-refractivity contribution in [2.45, 2.75) is 25.2 Å². The van der Waals surface area contributed by atoms with Crippen molar-refractivity contribution in [1.29, 1.82) is 0 Å². The number of benzene rings is 2. The molecule has 0 amide bonds. The summed E-state index contributed by atoms with van der Waals surface area (Å²) in [6, 6.07) is 18.0. The van der Waals surface area contributed by atoms with Crippen molar-refractivity contribution in [3.05, 3.63) is 66.2 Å². The number of ether oxygens (including phenoxy) is 3. The number of cyclic esters (lactones) is 1. The highest BCUT2D eigenvalue weighted by Gasteiger charge is 2.51. The normalized spacial score (nSPS) is 19.9. The van der Waals surface area contributed by atoms with Crippen LogP contribution in [0.3, 0.4) is 0 Å². The predicted octanol–water partition coefficient (Wildman–Crippen LogP) is 2.84. The summed E-state index contributed by atoms with van der Waals surface area (Å²) in [6.45, 7) is 0.0944. The van der Waals surface area contributed by atoms with Gasteiger partial charge in [-0.3, -0.25) is 4.79 Å². The summed E-state index contributed by atoms with van der Waals surface area (Å²) >= 11 is 0. The van der Waals surface area contributed by atoms with Gasteiger partial charge in [0.2, 0.25) is 0 Å². The summed E-state index contributed by atoms with van der Waals surface area (Å²) in [5, 5.41) is 0. The van der Waals surface area contributed by atoms with Gasteiger partial charge in [-0.05, 0) is 17.7 Å². The number of rotatable bonds is 5. The Morgan fingerprint density at radius 3 is 2.30 bits per heavy atom. The van der Waals surface area contributed by atoms with Gasteiger partial charge in [0.05, 0.1) is 6.42 Å². The van der Waals surface area contributed by atoms with Crippen LogP contribution in [0.15, 0.2) is 60.7 Å². The summed E-state index contributed by atoms with van der Waals surface area (Å²) in [5.74, 6) is -2.43. The van der Waals surface area contributed by atoms with E-state index in [4.69, 9.17) is 14.2 Å². The smallest absolute Gasteiger partial charge is 0.393 e. The van der Waals surface area contributed by atoms with Gasteiger partial charge in [0, 0.05) is 6.42 Å². The molecule has 0 saturated carbocycles. The van der Waals surface area contributed by atoms with Crippen LogP contribution in [-0.2, 0) is 25.7 Å². The Morgan fingerprint density at radius 1 is 1.04 bits per heavy atom. The highest BCUT2D eigenvalue weighted by Crippen LogP contribution is 2.31. The molecule has 1 saturated heterocycles. The molecule has 0 aromatic heterocycles. The molecule has 0 N–H and O–H groups in total. The summed E-state index contributed by atoms with van der Waals surface area (Å²) in [5.41, 5.74) is 0.847. The molecule has 0 aliphatic carbocycles. The topological polar surface area (TPSA) is 61.8 Å². The van der Waals surface area contributed by atoms with Crippen LogP contribution >= 0.6 is 0 Å².